The first-order valence-electron chi connectivity index (χ1n) is 7.01. The number of hydrogen-bond acceptors (Lipinski definition) is 4. The van der Waals surface area contributed by atoms with Crippen molar-refractivity contribution in [3.8, 4) is 5.75 Å². The predicted octanol–water partition coefficient (Wildman–Crippen LogP) is 0.732. The number of ether oxygens (including phenoxy) is 2. The summed E-state index contributed by atoms with van der Waals surface area (Å²) in [6, 6.07) is 7.80. The molecule has 5 nitrogen and oxygen atoms in total. The molecule has 2 rings (SSSR count). The van der Waals surface area contributed by atoms with Crippen LogP contribution in [0.3, 0.4) is 0 Å². The molecule has 2 N–H and O–H groups in total. The Kier molecular flexibility index (Phi) is 5.83. The predicted molar refractivity (Wildman–Crippen MR) is 76.9 cm³/mol. The van der Waals surface area contributed by atoms with Crippen LogP contribution in [0.5, 0.6) is 5.75 Å². The van der Waals surface area contributed by atoms with Crippen LogP contribution in [0.2, 0.25) is 0 Å². The molecule has 20 heavy (non-hydrogen) atoms. The van der Waals surface area contributed by atoms with Gasteiger partial charge in [-0.2, -0.15) is 0 Å². The lowest BCUT2D eigenvalue weighted by Crippen LogP contribution is -2.51. The summed E-state index contributed by atoms with van der Waals surface area (Å²) in [6.45, 7) is 2.55. The first-order chi connectivity index (χ1) is 9.79. The molecule has 0 aromatic heterocycles. The van der Waals surface area contributed by atoms with Crippen LogP contribution in [-0.4, -0.2) is 45.4 Å². The molecule has 1 saturated heterocycles. The molecule has 0 saturated carbocycles. The second kappa shape index (κ2) is 7.87. The smallest absolute Gasteiger partial charge is 0.239 e. The van der Waals surface area contributed by atoms with Crippen LogP contribution in [0.1, 0.15) is 12.0 Å². The monoisotopic (exact) mass is 278 g/mol. The van der Waals surface area contributed by atoms with E-state index in [0.29, 0.717) is 19.8 Å². The number of morpholine rings is 1. The normalized spacial score (nSPS) is 18.6. The lowest BCUT2D eigenvalue weighted by atomic mass is 10.1. The number of hydrogen-bond donors (Lipinski definition) is 2. The minimum absolute atomic E-state index is 0.0235. The molecule has 0 bridgehead atoms. The summed E-state index contributed by atoms with van der Waals surface area (Å²) in [5.74, 6) is 0.894. The van der Waals surface area contributed by atoms with Crippen molar-refractivity contribution in [2.45, 2.75) is 18.9 Å². The van der Waals surface area contributed by atoms with Gasteiger partial charge in [-0.3, -0.25) is 4.79 Å². The fourth-order valence-corrected chi connectivity index (χ4v) is 2.19. The zero-order chi connectivity index (χ0) is 14.2. The van der Waals surface area contributed by atoms with E-state index in [0.717, 1.165) is 25.1 Å². The average molecular weight is 278 g/mol. The van der Waals surface area contributed by atoms with E-state index >= 15 is 0 Å². The minimum atomic E-state index is -0.208. The molecule has 1 aromatic carbocycles. The average Bonchev–Trinajstić information content (AvgIpc) is 2.52. The van der Waals surface area contributed by atoms with Crippen molar-refractivity contribution in [3.63, 3.8) is 0 Å². The van der Waals surface area contributed by atoms with Gasteiger partial charge in [0.2, 0.25) is 5.91 Å². The Bertz CT molecular complexity index is 431. The molecule has 1 atom stereocenters. The van der Waals surface area contributed by atoms with E-state index in [4.69, 9.17) is 9.47 Å². The highest BCUT2D eigenvalue weighted by Crippen LogP contribution is 2.13. The van der Waals surface area contributed by atoms with Gasteiger partial charge in [0.25, 0.3) is 0 Å². The van der Waals surface area contributed by atoms with Crippen molar-refractivity contribution >= 4 is 5.91 Å². The van der Waals surface area contributed by atoms with Crippen molar-refractivity contribution in [1.82, 2.24) is 10.6 Å². The molecule has 0 radical (unpaired) electrons. The summed E-state index contributed by atoms with van der Waals surface area (Å²) in [7, 11) is 1.67. The quantitative estimate of drug-likeness (QED) is 0.753. The molecule has 1 aliphatic rings. The van der Waals surface area contributed by atoms with E-state index in [9.17, 15) is 4.79 Å². The molecular weight excluding hydrogens is 256 g/mol. The van der Waals surface area contributed by atoms with Crippen LogP contribution in [0, 0.1) is 0 Å². The van der Waals surface area contributed by atoms with E-state index in [-0.39, 0.29) is 11.9 Å². The molecule has 5 heteroatoms. The maximum absolute atomic E-state index is 11.8. The Morgan fingerprint density at radius 1 is 1.55 bits per heavy atom. The van der Waals surface area contributed by atoms with Gasteiger partial charge in [0, 0.05) is 13.1 Å². The number of aryl methyl sites for hydroxylation is 1. The molecule has 1 unspecified atom stereocenters. The summed E-state index contributed by atoms with van der Waals surface area (Å²) >= 11 is 0. The third-order valence-electron chi connectivity index (χ3n) is 3.31. The van der Waals surface area contributed by atoms with Gasteiger partial charge in [0.15, 0.2) is 0 Å². The Hall–Kier alpha value is -1.59. The van der Waals surface area contributed by atoms with Crippen LogP contribution < -0.4 is 15.4 Å². The molecule has 1 aliphatic heterocycles. The number of carbonyl (C=O) groups excluding carboxylic acids is 1. The van der Waals surface area contributed by atoms with Crippen molar-refractivity contribution in [2.75, 3.05) is 33.4 Å². The van der Waals surface area contributed by atoms with E-state index in [1.54, 1.807) is 7.11 Å². The lowest BCUT2D eigenvalue weighted by molar-refractivity contribution is -0.125. The zero-order valence-electron chi connectivity index (χ0n) is 11.9. The zero-order valence-corrected chi connectivity index (χ0v) is 11.9. The van der Waals surface area contributed by atoms with Gasteiger partial charge in [-0.25, -0.2) is 0 Å². The van der Waals surface area contributed by atoms with Crippen molar-refractivity contribution in [1.29, 1.82) is 0 Å². The fraction of sp³-hybridized carbons (Fsp3) is 0.533. The summed E-state index contributed by atoms with van der Waals surface area (Å²) in [6.07, 6.45) is 1.83. The summed E-state index contributed by atoms with van der Waals surface area (Å²) in [5.41, 5.74) is 1.22. The third-order valence-corrected chi connectivity index (χ3v) is 3.31. The third kappa shape index (κ3) is 4.51. The van der Waals surface area contributed by atoms with Crippen LogP contribution in [0.15, 0.2) is 24.3 Å². The SMILES string of the molecule is COc1cccc(CCCNC(=O)C2COCCN2)c1. The van der Waals surface area contributed by atoms with Gasteiger partial charge in [-0.15, -0.1) is 0 Å². The number of amides is 1. The fourth-order valence-electron chi connectivity index (χ4n) is 2.19. The van der Waals surface area contributed by atoms with Gasteiger partial charge in [-0.05, 0) is 30.5 Å². The molecule has 0 spiro atoms. The number of rotatable bonds is 6. The second-order valence-electron chi connectivity index (χ2n) is 4.83. The number of nitrogens with one attached hydrogen (secondary N) is 2. The maximum Gasteiger partial charge on any atom is 0.239 e. The van der Waals surface area contributed by atoms with E-state index in [1.807, 2.05) is 18.2 Å². The molecule has 1 aromatic rings. The topological polar surface area (TPSA) is 59.6 Å². The Morgan fingerprint density at radius 3 is 3.20 bits per heavy atom. The van der Waals surface area contributed by atoms with Crippen LogP contribution in [0.4, 0.5) is 0 Å². The van der Waals surface area contributed by atoms with Gasteiger partial charge in [0.1, 0.15) is 11.8 Å². The highest BCUT2D eigenvalue weighted by atomic mass is 16.5. The van der Waals surface area contributed by atoms with Crippen molar-refractivity contribution in [3.05, 3.63) is 29.8 Å². The highest BCUT2D eigenvalue weighted by Gasteiger charge is 2.20. The highest BCUT2D eigenvalue weighted by molar-refractivity contribution is 5.81. The van der Waals surface area contributed by atoms with Gasteiger partial charge < -0.3 is 20.1 Å². The number of benzene rings is 1. The van der Waals surface area contributed by atoms with Crippen LogP contribution in [-0.2, 0) is 16.0 Å². The van der Waals surface area contributed by atoms with Crippen LogP contribution >= 0.6 is 0 Å². The van der Waals surface area contributed by atoms with Crippen molar-refractivity contribution in [2.24, 2.45) is 0 Å². The first kappa shape index (κ1) is 14.8. The molecule has 110 valence electrons. The van der Waals surface area contributed by atoms with E-state index in [2.05, 4.69) is 16.7 Å². The molecule has 1 amide bonds. The minimum Gasteiger partial charge on any atom is -0.497 e. The number of carbonyl (C=O) groups is 1. The van der Waals surface area contributed by atoms with Gasteiger partial charge >= 0.3 is 0 Å². The first-order valence-corrected chi connectivity index (χ1v) is 7.01. The summed E-state index contributed by atoms with van der Waals surface area (Å²) in [4.78, 5) is 11.8. The van der Waals surface area contributed by atoms with Gasteiger partial charge in [0.05, 0.1) is 20.3 Å². The molecule has 0 aliphatic carbocycles. The molecular formula is C15H22N2O3. The molecule has 1 heterocycles. The van der Waals surface area contributed by atoms with E-state index in [1.165, 1.54) is 5.56 Å². The Labute approximate surface area is 119 Å². The lowest BCUT2D eigenvalue weighted by Gasteiger charge is -2.22. The second-order valence-corrected chi connectivity index (χ2v) is 4.83. The summed E-state index contributed by atoms with van der Waals surface area (Å²) in [5, 5.41) is 6.08. The summed E-state index contributed by atoms with van der Waals surface area (Å²) < 4.78 is 10.5. The van der Waals surface area contributed by atoms with E-state index < -0.39 is 0 Å². The number of methoxy groups -OCH3 is 1. The maximum atomic E-state index is 11.8. The molecule has 1 fully saturated rings. The standard InChI is InChI=1S/C15H22N2O3/c1-19-13-6-2-4-12(10-13)5-3-7-17-15(18)14-11-20-9-8-16-14/h2,4,6,10,14,16H,3,5,7-9,11H2,1H3,(H,17,18). The Balaban J connectivity index is 1.66. The van der Waals surface area contributed by atoms with Crippen molar-refractivity contribution < 1.29 is 14.3 Å². The largest absolute Gasteiger partial charge is 0.497 e. The Morgan fingerprint density at radius 2 is 2.45 bits per heavy atom. The van der Waals surface area contributed by atoms with Gasteiger partial charge in [-0.1, -0.05) is 12.1 Å². The van der Waals surface area contributed by atoms with Crippen LogP contribution in [0.25, 0.3) is 0 Å².